The third-order valence-electron chi connectivity index (χ3n) is 3.29. The number of benzene rings is 1. The average molecular weight is 291 g/mol. The molecule has 0 heterocycles. The summed E-state index contributed by atoms with van der Waals surface area (Å²) in [6.07, 6.45) is 3.97. The Morgan fingerprint density at radius 1 is 1.14 bits per heavy atom. The molecule has 1 rings (SSSR count). The summed E-state index contributed by atoms with van der Waals surface area (Å²) in [5.74, 6) is -1.44. The fourth-order valence-corrected chi connectivity index (χ4v) is 1.98. The van der Waals surface area contributed by atoms with Gasteiger partial charge >= 0.3 is 5.97 Å². The molecule has 0 fully saturated rings. The first-order valence-electron chi connectivity index (χ1n) is 7.63. The predicted octanol–water partition coefficient (Wildman–Crippen LogP) is 2.71. The Bertz CT molecular complexity index is 431. The molecule has 4 heteroatoms. The number of rotatable bonds is 9. The number of carbonyl (C=O) groups excluding carboxylic acids is 2. The number of hydrogen-bond donors (Lipinski definition) is 1. The van der Waals surface area contributed by atoms with E-state index in [0.29, 0.717) is 13.2 Å². The molecule has 21 heavy (non-hydrogen) atoms. The largest absolute Gasteiger partial charge is 0.465 e. The lowest BCUT2D eigenvalue weighted by molar-refractivity contribution is -0.151. The lowest BCUT2D eigenvalue weighted by atomic mass is 10.1. The summed E-state index contributed by atoms with van der Waals surface area (Å²) in [5.41, 5.74) is 1.33. The van der Waals surface area contributed by atoms with Crippen molar-refractivity contribution in [1.82, 2.24) is 5.32 Å². The molecule has 0 bridgehead atoms. The van der Waals surface area contributed by atoms with Crippen LogP contribution in [0.5, 0.6) is 0 Å². The van der Waals surface area contributed by atoms with Crippen molar-refractivity contribution in [1.29, 1.82) is 0 Å². The topological polar surface area (TPSA) is 55.4 Å². The second-order valence-electron chi connectivity index (χ2n) is 5.08. The minimum absolute atomic E-state index is 0.272. The average Bonchev–Trinajstić information content (AvgIpc) is 2.51. The first kappa shape index (κ1) is 17.2. The maximum atomic E-state index is 11.6. The van der Waals surface area contributed by atoms with Crippen molar-refractivity contribution in [3.63, 3.8) is 0 Å². The van der Waals surface area contributed by atoms with E-state index in [2.05, 4.69) is 17.4 Å². The first-order valence-corrected chi connectivity index (χ1v) is 7.63. The number of carbonyl (C=O) groups is 2. The van der Waals surface area contributed by atoms with E-state index in [-0.39, 0.29) is 5.91 Å². The van der Waals surface area contributed by atoms with Gasteiger partial charge in [-0.25, -0.2) is 0 Å². The van der Waals surface area contributed by atoms with Crippen LogP contribution in [0.4, 0.5) is 0 Å². The Labute approximate surface area is 126 Å². The van der Waals surface area contributed by atoms with Crippen molar-refractivity contribution >= 4 is 11.9 Å². The van der Waals surface area contributed by atoms with Gasteiger partial charge < -0.3 is 10.1 Å². The highest BCUT2D eigenvalue weighted by molar-refractivity contribution is 5.97. The molecule has 0 aliphatic rings. The molecule has 1 amide bonds. The van der Waals surface area contributed by atoms with Crippen LogP contribution in [0.25, 0.3) is 0 Å². The molecule has 0 spiro atoms. The number of amides is 1. The van der Waals surface area contributed by atoms with Crippen LogP contribution in [0.1, 0.15) is 38.7 Å². The van der Waals surface area contributed by atoms with E-state index in [4.69, 9.17) is 4.74 Å². The second kappa shape index (κ2) is 9.97. The van der Waals surface area contributed by atoms with Crippen molar-refractivity contribution in [2.24, 2.45) is 5.92 Å². The summed E-state index contributed by atoms with van der Waals surface area (Å²) in [5, 5.41) is 2.62. The van der Waals surface area contributed by atoms with Gasteiger partial charge in [0.1, 0.15) is 5.92 Å². The summed E-state index contributed by atoms with van der Waals surface area (Å²) < 4.78 is 5.12. The highest BCUT2D eigenvalue weighted by atomic mass is 16.5. The van der Waals surface area contributed by atoms with E-state index in [0.717, 1.165) is 25.7 Å². The van der Waals surface area contributed by atoms with Crippen LogP contribution < -0.4 is 5.32 Å². The van der Waals surface area contributed by atoms with E-state index in [1.165, 1.54) is 5.56 Å². The highest BCUT2D eigenvalue weighted by Crippen LogP contribution is 2.07. The molecule has 4 nitrogen and oxygen atoms in total. The summed E-state index contributed by atoms with van der Waals surface area (Å²) >= 11 is 0. The van der Waals surface area contributed by atoms with Crippen LogP contribution in [0.3, 0.4) is 0 Å². The Morgan fingerprint density at radius 2 is 1.86 bits per heavy atom. The number of unbranched alkanes of at least 4 members (excludes halogenated alkanes) is 2. The van der Waals surface area contributed by atoms with E-state index >= 15 is 0 Å². The summed E-state index contributed by atoms with van der Waals surface area (Å²) in [7, 11) is 0. The van der Waals surface area contributed by atoms with Crippen LogP contribution in [0, 0.1) is 5.92 Å². The Hall–Kier alpha value is -1.84. The summed E-state index contributed by atoms with van der Waals surface area (Å²) in [4.78, 5) is 23.1. The number of nitrogens with one attached hydrogen (secondary N) is 1. The lowest BCUT2D eigenvalue weighted by Gasteiger charge is -2.11. The van der Waals surface area contributed by atoms with Gasteiger partial charge in [-0.3, -0.25) is 9.59 Å². The lowest BCUT2D eigenvalue weighted by Crippen LogP contribution is -2.34. The van der Waals surface area contributed by atoms with E-state index in [9.17, 15) is 9.59 Å². The van der Waals surface area contributed by atoms with Crippen LogP contribution in [0.2, 0.25) is 0 Å². The van der Waals surface area contributed by atoms with Gasteiger partial charge in [-0.05, 0) is 45.1 Å². The summed E-state index contributed by atoms with van der Waals surface area (Å²) in [6.45, 7) is 4.30. The molecule has 0 radical (unpaired) electrons. The zero-order chi connectivity index (χ0) is 15.5. The van der Waals surface area contributed by atoms with Gasteiger partial charge in [0.05, 0.1) is 6.61 Å². The van der Waals surface area contributed by atoms with Gasteiger partial charge in [0.2, 0.25) is 5.91 Å². The SMILES string of the molecule is CCNC(=O)C(C)C(=O)OCCCCCc1ccccc1. The van der Waals surface area contributed by atoms with Crippen molar-refractivity contribution in [3.8, 4) is 0 Å². The fourth-order valence-electron chi connectivity index (χ4n) is 1.98. The molecule has 1 N–H and O–H groups in total. The van der Waals surface area contributed by atoms with Crippen LogP contribution in [0.15, 0.2) is 30.3 Å². The normalized spacial score (nSPS) is 11.7. The fraction of sp³-hybridized carbons (Fsp3) is 0.529. The zero-order valence-corrected chi connectivity index (χ0v) is 12.9. The van der Waals surface area contributed by atoms with Crippen molar-refractivity contribution in [2.45, 2.75) is 39.5 Å². The van der Waals surface area contributed by atoms with Crippen molar-refractivity contribution < 1.29 is 14.3 Å². The van der Waals surface area contributed by atoms with E-state index < -0.39 is 11.9 Å². The molecular weight excluding hydrogens is 266 g/mol. The van der Waals surface area contributed by atoms with Crippen molar-refractivity contribution in [3.05, 3.63) is 35.9 Å². The standard InChI is InChI=1S/C17H25NO3/c1-3-18-16(19)14(2)17(20)21-13-9-5-8-12-15-10-6-4-7-11-15/h4,6-7,10-11,14H,3,5,8-9,12-13H2,1-2H3,(H,18,19). The number of ether oxygens (including phenoxy) is 1. The predicted molar refractivity (Wildman–Crippen MR) is 82.8 cm³/mol. The second-order valence-corrected chi connectivity index (χ2v) is 5.08. The highest BCUT2D eigenvalue weighted by Gasteiger charge is 2.21. The minimum atomic E-state index is -0.728. The molecule has 116 valence electrons. The van der Waals surface area contributed by atoms with Crippen LogP contribution in [-0.4, -0.2) is 25.0 Å². The molecule has 1 unspecified atom stereocenters. The van der Waals surface area contributed by atoms with E-state index in [1.807, 2.05) is 25.1 Å². The molecule has 1 aromatic rings. The maximum absolute atomic E-state index is 11.6. The van der Waals surface area contributed by atoms with Gasteiger partial charge in [0, 0.05) is 6.54 Å². The quantitative estimate of drug-likeness (QED) is 0.432. The zero-order valence-electron chi connectivity index (χ0n) is 12.9. The Morgan fingerprint density at radius 3 is 2.52 bits per heavy atom. The number of aryl methyl sites for hydroxylation is 1. The van der Waals surface area contributed by atoms with Gasteiger partial charge in [-0.1, -0.05) is 30.3 Å². The third kappa shape index (κ3) is 6.93. The molecular formula is C17H25NO3. The third-order valence-corrected chi connectivity index (χ3v) is 3.29. The molecule has 1 aromatic carbocycles. The number of esters is 1. The van der Waals surface area contributed by atoms with Crippen LogP contribution >= 0.6 is 0 Å². The monoisotopic (exact) mass is 291 g/mol. The molecule has 0 aliphatic carbocycles. The van der Waals surface area contributed by atoms with E-state index in [1.54, 1.807) is 6.92 Å². The molecule has 1 atom stereocenters. The van der Waals surface area contributed by atoms with Crippen molar-refractivity contribution in [2.75, 3.05) is 13.2 Å². The molecule has 0 saturated heterocycles. The minimum Gasteiger partial charge on any atom is -0.465 e. The first-order chi connectivity index (χ1) is 10.1. The van der Waals surface area contributed by atoms with Gasteiger partial charge in [-0.15, -0.1) is 0 Å². The smallest absolute Gasteiger partial charge is 0.318 e. The molecule has 0 saturated carbocycles. The molecule has 0 aliphatic heterocycles. The maximum Gasteiger partial charge on any atom is 0.318 e. The number of hydrogen-bond acceptors (Lipinski definition) is 3. The van der Waals surface area contributed by atoms with Gasteiger partial charge in [0.15, 0.2) is 0 Å². The molecule has 0 aromatic heterocycles. The van der Waals surface area contributed by atoms with Gasteiger partial charge in [0.25, 0.3) is 0 Å². The van der Waals surface area contributed by atoms with Crippen LogP contribution in [-0.2, 0) is 20.7 Å². The Balaban J connectivity index is 2.08. The summed E-state index contributed by atoms with van der Waals surface area (Å²) in [6, 6.07) is 10.3. The van der Waals surface area contributed by atoms with Gasteiger partial charge in [-0.2, -0.15) is 0 Å². The Kier molecular flexibility index (Phi) is 8.17.